The first-order valence-corrected chi connectivity index (χ1v) is 6.29. The summed E-state index contributed by atoms with van der Waals surface area (Å²) in [6.07, 6.45) is 0. The minimum Gasteiger partial charge on any atom is -0.491 e. The number of hydrogen-bond acceptors (Lipinski definition) is 2. The zero-order valence-corrected chi connectivity index (χ0v) is 11.3. The van der Waals surface area contributed by atoms with E-state index in [1.165, 1.54) is 0 Å². The summed E-state index contributed by atoms with van der Waals surface area (Å²) in [5, 5.41) is 5.54. The molecule has 0 radical (unpaired) electrons. The van der Waals surface area contributed by atoms with Crippen molar-refractivity contribution in [3.05, 3.63) is 29.8 Å². The highest BCUT2D eigenvalue weighted by Gasteiger charge is 2.01. The predicted molar refractivity (Wildman–Crippen MR) is 72.9 cm³/mol. The van der Waals surface area contributed by atoms with Crippen LogP contribution in [0, 0.1) is 12.8 Å². The molecule has 0 fully saturated rings. The topological polar surface area (TPSA) is 50.4 Å². The van der Waals surface area contributed by atoms with Crippen LogP contribution in [0.3, 0.4) is 0 Å². The van der Waals surface area contributed by atoms with Gasteiger partial charge in [-0.3, -0.25) is 0 Å². The van der Waals surface area contributed by atoms with Crippen LogP contribution in [0.4, 0.5) is 4.79 Å². The van der Waals surface area contributed by atoms with Crippen LogP contribution in [-0.4, -0.2) is 25.7 Å². The van der Waals surface area contributed by atoms with E-state index < -0.39 is 0 Å². The molecule has 4 heteroatoms. The number of para-hydroxylation sites is 1. The first-order valence-electron chi connectivity index (χ1n) is 6.29. The van der Waals surface area contributed by atoms with Gasteiger partial charge in [-0.1, -0.05) is 32.0 Å². The molecule has 4 nitrogen and oxygen atoms in total. The van der Waals surface area contributed by atoms with E-state index in [0.717, 1.165) is 11.3 Å². The second kappa shape index (κ2) is 7.58. The Morgan fingerprint density at radius 3 is 2.67 bits per heavy atom. The molecule has 0 aliphatic heterocycles. The Bertz CT molecular complexity index is 378. The van der Waals surface area contributed by atoms with Gasteiger partial charge in [-0.15, -0.1) is 0 Å². The fourth-order valence-corrected chi connectivity index (χ4v) is 1.40. The van der Waals surface area contributed by atoms with Gasteiger partial charge in [-0.05, 0) is 24.5 Å². The van der Waals surface area contributed by atoms with Gasteiger partial charge in [-0.25, -0.2) is 4.79 Å². The molecular formula is C14H22N2O2. The summed E-state index contributed by atoms with van der Waals surface area (Å²) in [4.78, 5) is 11.3. The molecule has 0 atom stereocenters. The van der Waals surface area contributed by atoms with Crippen molar-refractivity contribution in [1.82, 2.24) is 10.6 Å². The molecule has 1 aromatic carbocycles. The summed E-state index contributed by atoms with van der Waals surface area (Å²) in [7, 11) is 0. The summed E-state index contributed by atoms with van der Waals surface area (Å²) in [5.41, 5.74) is 1.10. The fraction of sp³-hybridized carbons (Fsp3) is 0.500. The molecule has 100 valence electrons. The number of hydrogen-bond donors (Lipinski definition) is 2. The van der Waals surface area contributed by atoms with E-state index in [1.807, 2.05) is 31.2 Å². The lowest BCUT2D eigenvalue weighted by atomic mass is 10.2. The van der Waals surface area contributed by atoms with E-state index in [1.54, 1.807) is 0 Å². The average Bonchev–Trinajstić information content (AvgIpc) is 2.34. The third-order valence-electron chi connectivity index (χ3n) is 2.41. The van der Waals surface area contributed by atoms with Gasteiger partial charge in [0.05, 0.1) is 6.54 Å². The van der Waals surface area contributed by atoms with E-state index in [0.29, 0.717) is 25.6 Å². The molecule has 2 N–H and O–H groups in total. The number of rotatable bonds is 6. The van der Waals surface area contributed by atoms with E-state index in [2.05, 4.69) is 24.5 Å². The Hall–Kier alpha value is -1.71. The van der Waals surface area contributed by atoms with E-state index in [4.69, 9.17) is 4.74 Å². The zero-order chi connectivity index (χ0) is 13.4. The summed E-state index contributed by atoms with van der Waals surface area (Å²) < 4.78 is 5.57. The van der Waals surface area contributed by atoms with Gasteiger partial charge in [-0.2, -0.15) is 0 Å². The molecule has 0 aromatic heterocycles. The summed E-state index contributed by atoms with van der Waals surface area (Å²) in [6, 6.07) is 7.69. The molecule has 18 heavy (non-hydrogen) atoms. The molecule has 0 saturated heterocycles. The maximum atomic E-state index is 11.3. The van der Waals surface area contributed by atoms with Gasteiger partial charge in [0.15, 0.2) is 0 Å². The second-order valence-corrected chi connectivity index (χ2v) is 4.64. The molecule has 1 aromatic rings. The molecule has 0 aliphatic carbocycles. The Morgan fingerprint density at radius 1 is 1.28 bits per heavy atom. The van der Waals surface area contributed by atoms with Crippen molar-refractivity contribution in [3.63, 3.8) is 0 Å². The molecule has 1 rings (SSSR count). The average molecular weight is 250 g/mol. The normalized spacial score (nSPS) is 10.2. The second-order valence-electron chi connectivity index (χ2n) is 4.64. The molecule has 0 spiro atoms. The van der Waals surface area contributed by atoms with Crippen molar-refractivity contribution in [3.8, 4) is 5.75 Å². The van der Waals surface area contributed by atoms with Crippen LogP contribution in [0.25, 0.3) is 0 Å². The van der Waals surface area contributed by atoms with E-state index in [9.17, 15) is 4.79 Å². The van der Waals surface area contributed by atoms with Crippen LogP contribution < -0.4 is 15.4 Å². The predicted octanol–water partition coefficient (Wildman–Crippen LogP) is 2.33. The van der Waals surface area contributed by atoms with Crippen LogP contribution in [-0.2, 0) is 0 Å². The third kappa shape index (κ3) is 5.57. The maximum absolute atomic E-state index is 11.3. The van der Waals surface area contributed by atoms with Crippen molar-refractivity contribution in [2.45, 2.75) is 20.8 Å². The Labute approximate surface area is 109 Å². The van der Waals surface area contributed by atoms with Crippen LogP contribution in [0.5, 0.6) is 5.75 Å². The van der Waals surface area contributed by atoms with Gasteiger partial charge in [0.25, 0.3) is 0 Å². The van der Waals surface area contributed by atoms with Crippen molar-refractivity contribution in [2.24, 2.45) is 5.92 Å². The van der Waals surface area contributed by atoms with Gasteiger partial charge in [0.1, 0.15) is 12.4 Å². The largest absolute Gasteiger partial charge is 0.491 e. The highest BCUT2D eigenvalue weighted by molar-refractivity contribution is 5.73. The van der Waals surface area contributed by atoms with Crippen molar-refractivity contribution >= 4 is 6.03 Å². The van der Waals surface area contributed by atoms with Gasteiger partial charge in [0, 0.05) is 6.54 Å². The monoisotopic (exact) mass is 250 g/mol. The zero-order valence-electron chi connectivity index (χ0n) is 11.3. The Balaban J connectivity index is 2.15. The lowest BCUT2D eigenvalue weighted by Gasteiger charge is -2.11. The van der Waals surface area contributed by atoms with Crippen molar-refractivity contribution in [2.75, 3.05) is 19.7 Å². The fourth-order valence-electron chi connectivity index (χ4n) is 1.40. The van der Waals surface area contributed by atoms with Gasteiger partial charge in [0.2, 0.25) is 0 Å². The van der Waals surface area contributed by atoms with E-state index in [-0.39, 0.29) is 6.03 Å². The Kier molecular flexibility index (Phi) is 6.05. The number of urea groups is 1. The summed E-state index contributed by atoms with van der Waals surface area (Å²) in [6.45, 7) is 7.77. The molecule has 0 bridgehead atoms. The highest BCUT2D eigenvalue weighted by atomic mass is 16.5. The summed E-state index contributed by atoms with van der Waals surface area (Å²) in [5.74, 6) is 1.32. The third-order valence-corrected chi connectivity index (χ3v) is 2.41. The number of carbonyl (C=O) groups excluding carboxylic acids is 1. The quantitative estimate of drug-likeness (QED) is 0.761. The van der Waals surface area contributed by atoms with Crippen LogP contribution >= 0.6 is 0 Å². The van der Waals surface area contributed by atoms with Crippen LogP contribution in [0.1, 0.15) is 19.4 Å². The van der Waals surface area contributed by atoms with Crippen LogP contribution in [0.15, 0.2) is 24.3 Å². The number of amides is 2. The van der Waals surface area contributed by atoms with E-state index >= 15 is 0 Å². The minimum absolute atomic E-state index is 0.142. The maximum Gasteiger partial charge on any atom is 0.314 e. The molecule has 0 heterocycles. The lowest BCUT2D eigenvalue weighted by molar-refractivity contribution is 0.235. The van der Waals surface area contributed by atoms with Crippen molar-refractivity contribution in [1.29, 1.82) is 0 Å². The van der Waals surface area contributed by atoms with Gasteiger partial charge < -0.3 is 15.4 Å². The minimum atomic E-state index is -0.142. The number of ether oxygens (including phenoxy) is 1. The van der Waals surface area contributed by atoms with Gasteiger partial charge >= 0.3 is 6.03 Å². The number of benzene rings is 1. The first kappa shape index (κ1) is 14.4. The molecular weight excluding hydrogens is 228 g/mol. The van der Waals surface area contributed by atoms with Crippen LogP contribution in [0.2, 0.25) is 0 Å². The molecule has 0 saturated carbocycles. The number of aryl methyl sites for hydroxylation is 1. The number of carbonyl (C=O) groups is 1. The molecule has 0 unspecified atom stereocenters. The Morgan fingerprint density at radius 2 is 2.00 bits per heavy atom. The summed E-state index contributed by atoms with van der Waals surface area (Å²) >= 11 is 0. The smallest absolute Gasteiger partial charge is 0.314 e. The standard InChI is InChI=1S/C14H22N2O2/c1-11(2)10-16-14(17)15-8-9-18-13-7-5-4-6-12(13)3/h4-7,11H,8-10H2,1-3H3,(H2,15,16,17). The number of nitrogens with one attached hydrogen (secondary N) is 2. The first-order chi connectivity index (χ1) is 8.59. The SMILES string of the molecule is Cc1ccccc1OCCNC(=O)NCC(C)C. The lowest BCUT2D eigenvalue weighted by Crippen LogP contribution is -2.39. The molecule has 0 aliphatic rings. The molecule has 2 amide bonds. The highest BCUT2D eigenvalue weighted by Crippen LogP contribution is 2.15. The van der Waals surface area contributed by atoms with Crippen molar-refractivity contribution < 1.29 is 9.53 Å².